The fourth-order valence-corrected chi connectivity index (χ4v) is 9.46. The fraction of sp³-hybridized carbons (Fsp3) is 0.268. The lowest BCUT2D eigenvalue weighted by molar-refractivity contribution is -0.125. The Balaban J connectivity index is 1.16. The predicted molar refractivity (Wildman–Crippen MR) is 205 cm³/mol. The van der Waals surface area contributed by atoms with Crippen LogP contribution in [0.1, 0.15) is 24.3 Å². The number of allylic oxidation sites excluding steroid dienone is 2. The van der Waals surface area contributed by atoms with E-state index in [0.717, 1.165) is 27.6 Å². The highest BCUT2D eigenvalue weighted by molar-refractivity contribution is 6.58. The third-order valence-electron chi connectivity index (χ3n) is 11.2. The van der Waals surface area contributed by atoms with Gasteiger partial charge in [0.05, 0.1) is 41.7 Å². The van der Waals surface area contributed by atoms with E-state index in [1.54, 1.807) is 42.5 Å². The van der Waals surface area contributed by atoms with Crippen LogP contribution in [-0.2, 0) is 19.2 Å². The molecule has 4 aromatic rings. The molecule has 280 valence electrons. The van der Waals surface area contributed by atoms with Crippen molar-refractivity contribution in [1.82, 2.24) is 0 Å². The van der Waals surface area contributed by atoms with Crippen molar-refractivity contribution in [3.05, 3.63) is 114 Å². The molecule has 0 bridgehead atoms. The number of nitrogens with zero attached hydrogens (tertiary/aromatic N) is 5. The van der Waals surface area contributed by atoms with Gasteiger partial charge in [0, 0.05) is 31.3 Å². The van der Waals surface area contributed by atoms with E-state index in [9.17, 15) is 28.7 Å². The molecule has 11 nitrogen and oxygen atoms in total. The molecule has 4 aliphatic rings. The van der Waals surface area contributed by atoms with Gasteiger partial charge in [0.1, 0.15) is 5.82 Å². The number of carbonyl (C=O) groups is 4. The average molecular weight is 783 g/mol. The van der Waals surface area contributed by atoms with Crippen LogP contribution in [0.5, 0.6) is 11.5 Å². The number of benzene rings is 4. The van der Waals surface area contributed by atoms with E-state index in [1.165, 1.54) is 25.3 Å². The van der Waals surface area contributed by atoms with Crippen molar-refractivity contribution in [2.24, 2.45) is 28.0 Å². The molecule has 1 N–H and O–H groups in total. The van der Waals surface area contributed by atoms with Gasteiger partial charge in [-0.05, 0) is 97.6 Å². The number of carbonyl (C=O) groups excluding carboxylic acids is 4. The Kier molecular flexibility index (Phi) is 8.81. The zero-order valence-corrected chi connectivity index (χ0v) is 31.3. The Morgan fingerprint density at radius 1 is 0.800 bits per heavy atom. The topological polar surface area (TPSA) is 132 Å². The highest BCUT2D eigenvalue weighted by Gasteiger charge is 2.77. The Morgan fingerprint density at radius 2 is 1.40 bits per heavy atom. The van der Waals surface area contributed by atoms with E-state index in [1.807, 2.05) is 43.3 Å². The first kappa shape index (κ1) is 36.4. The third-order valence-corrected chi connectivity index (χ3v) is 12.6. The van der Waals surface area contributed by atoms with Gasteiger partial charge in [0.15, 0.2) is 21.2 Å². The van der Waals surface area contributed by atoms with Gasteiger partial charge in [-0.25, -0.2) is 9.29 Å². The standard InChI is InChI=1S/C41H34Cl2FN5O6/c1-47(2)25-15-9-23(10-16-25)45-46-24-11-17-26(18-12-24)48-36(51)29-20-19-28-31(33(29)37(48)52)21-40(42)38(53)49(27-13-7-22(44)8-14-27)39(54)41(40,43)34(28)30-5-4-6-32(55-3)35(30)50/h4-19,29,31,33-34,50H,20-21H2,1-3H3/t29-,31+,33-,34+,40+,41-/m0/s1. The lowest BCUT2D eigenvalue weighted by Crippen LogP contribution is -2.60. The van der Waals surface area contributed by atoms with E-state index in [2.05, 4.69) is 10.2 Å². The summed E-state index contributed by atoms with van der Waals surface area (Å²) in [6.45, 7) is 0. The highest BCUT2D eigenvalue weighted by Crippen LogP contribution is 2.67. The number of ether oxygens (including phenoxy) is 1. The van der Waals surface area contributed by atoms with Crippen LogP contribution in [0, 0.1) is 23.6 Å². The summed E-state index contributed by atoms with van der Waals surface area (Å²) in [4.78, 5) is 57.2. The van der Waals surface area contributed by atoms with Crippen LogP contribution >= 0.6 is 23.2 Å². The Hall–Kier alpha value is -5.59. The summed E-state index contributed by atoms with van der Waals surface area (Å²) in [5, 5.41) is 20.1. The number of fused-ring (bicyclic) bond motifs is 4. The number of methoxy groups -OCH3 is 1. The van der Waals surface area contributed by atoms with Crippen LogP contribution < -0.4 is 19.4 Å². The molecule has 0 aromatic heterocycles. The van der Waals surface area contributed by atoms with Gasteiger partial charge in [-0.2, -0.15) is 10.2 Å². The molecule has 2 saturated heterocycles. The molecular weight excluding hydrogens is 748 g/mol. The maximum absolute atomic E-state index is 14.6. The molecule has 3 fully saturated rings. The van der Waals surface area contributed by atoms with Gasteiger partial charge in [-0.1, -0.05) is 23.8 Å². The molecule has 55 heavy (non-hydrogen) atoms. The van der Waals surface area contributed by atoms with E-state index >= 15 is 0 Å². The minimum Gasteiger partial charge on any atom is -0.504 e. The quantitative estimate of drug-likeness (QED) is 0.0877. The van der Waals surface area contributed by atoms with Gasteiger partial charge in [-0.15, -0.1) is 23.2 Å². The Morgan fingerprint density at radius 3 is 2.02 bits per heavy atom. The van der Waals surface area contributed by atoms with Gasteiger partial charge < -0.3 is 14.7 Å². The van der Waals surface area contributed by atoms with Crippen molar-refractivity contribution >= 4 is 75.3 Å². The van der Waals surface area contributed by atoms with Crippen LogP contribution in [-0.4, -0.2) is 59.7 Å². The number of imide groups is 2. The van der Waals surface area contributed by atoms with Crippen LogP contribution in [0.4, 0.5) is 32.8 Å². The van der Waals surface area contributed by atoms with Crippen LogP contribution in [0.3, 0.4) is 0 Å². The third kappa shape index (κ3) is 5.44. The number of phenols is 1. The lowest BCUT2D eigenvalue weighted by atomic mass is 9.56. The molecule has 8 rings (SSSR count). The monoisotopic (exact) mass is 781 g/mol. The van der Waals surface area contributed by atoms with Gasteiger partial charge in [0.25, 0.3) is 11.8 Å². The van der Waals surface area contributed by atoms with E-state index in [4.69, 9.17) is 27.9 Å². The maximum Gasteiger partial charge on any atom is 0.258 e. The number of para-hydroxylation sites is 1. The molecule has 1 saturated carbocycles. The normalized spacial score (nSPS) is 27.3. The minimum atomic E-state index is -2.21. The summed E-state index contributed by atoms with van der Waals surface area (Å²) in [7, 11) is 5.26. The van der Waals surface area contributed by atoms with Gasteiger partial charge in [-0.3, -0.25) is 24.1 Å². The molecule has 0 spiro atoms. The number of halogens is 3. The highest BCUT2D eigenvalue weighted by atomic mass is 35.5. The predicted octanol–water partition coefficient (Wildman–Crippen LogP) is 7.79. The molecule has 4 aromatic carbocycles. The van der Waals surface area contributed by atoms with Gasteiger partial charge >= 0.3 is 0 Å². The minimum absolute atomic E-state index is 0.0535. The number of hydrogen-bond donors (Lipinski definition) is 1. The Labute approximate surface area is 325 Å². The fourth-order valence-electron chi connectivity index (χ4n) is 8.54. The van der Waals surface area contributed by atoms with Crippen molar-refractivity contribution in [1.29, 1.82) is 0 Å². The number of azo groups is 1. The molecule has 2 heterocycles. The second kappa shape index (κ2) is 13.3. The second-order valence-electron chi connectivity index (χ2n) is 14.3. The van der Waals surface area contributed by atoms with Crippen molar-refractivity contribution in [3.8, 4) is 11.5 Å². The Bertz CT molecular complexity index is 2320. The summed E-state index contributed by atoms with van der Waals surface area (Å²) in [5.41, 5.74) is 3.22. The number of aromatic hydroxyl groups is 1. The summed E-state index contributed by atoms with van der Waals surface area (Å²) >= 11 is 14.8. The van der Waals surface area contributed by atoms with E-state index in [0.29, 0.717) is 22.6 Å². The molecule has 4 amide bonds. The van der Waals surface area contributed by atoms with E-state index < -0.39 is 62.9 Å². The van der Waals surface area contributed by atoms with Crippen LogP contribution in [0.25, 0.3) is 0 Å². The molecule has 0 unspecified atom stereocenters. The average Bonchev–Trinajstić information content (AvgIpc) is 3.52. The molecule has 2 aliphatic heterocycles. The maximum atomic E-state index is 14.6. The van der Waals surface area contributed by atoms with Crippen LogP contribution in [0.2, 0.25) is 0 Å². The smallest absolute Gasteiger partial charge is 0.258 e. The van der Waals surface area contributed by atoms with Gasteiger partial charge in [0.2, 0.25) is 11.8 Å². The zero-order valence-electron chi connectivity index (χ0n) is 29.8. The summed E-state index contributed by atoms with van der Waals surface area (Å²) < 4.78 is 19.3. The number of phenolic OH excluding ortho intramolecular Hbond substituents is 1. The van der Waals surface area contributed by atoms with Crippen molar-refractivity contribution in [2.45, 2.75) is 28.5 Å². The first-order valence-corrected chi connectivity index (χ1v) is 18.3. The summed E-state index contributed by atoms with van der Waals surface area (Å²) in [6.07, 6.45) is 1.64. The first-order chi connectivity index (χ1) is 26.3. The largest absolute Gasteiger partial charge is 0.504 e. The van der Waals surface area contributed by atoms with E-state index in [-0.39, 0.29) is 35.6 Å². The molecule has 0 radical (unpaired) electrons. The number of anilines is 3. The molecule has 2 aliphatic carbocycles. The summed E-state index contributed by atoms with van der Waals surface area (Å²) in [6, 6.07) is 23.6. The molecule has 6 atom stereocenters. The molecule has 14 heteroatoms. The summed E-state index contributed by atoms with van der Waals surface area (Å²) in [5.74, 6) is -7.29. The second-order valence-corrected chi connectivity index (χ2v) is 15.5. The number of amides is 4. The van der Waals surface area contributed by atoms with Crippen LogP contribution in [0.15, 0.2) is 113 Å². The molecular formula is C41H34Cl2FN5O6. The zero-order chi connectivity index (χ0) is 39.0. The lowest BCUT2D eigenvalue weighted by Gasteiger charge is -2.50. The number of rotatable bonds is 7. The first-order valence-electron chi connectivity index (χ1n) is 17.6. The number of hydrogen-bond acceptors (Lipinski definition) is 9. The van der Waals surface area contributed by atoms with Crippen molar-refractivity contribution < 1.29 is 33.4 Å². The SMILES string of the molecule is COc1cccc([C@H]2C3=CC[C@@H]4C(=O)N(c5ccc(N=Nc6ccc(N(C)C)cc6)cc5)C(=O)[C@@H]4[C@@H]3C[C@@]3(Cl)C(=O)N(c4ccc(F)cc4)C(=O)[C@@]23Cl)c1O. The van der Waals surface area contributed by atoms with Crippen molar-refractivity contribution in [2.75, 3.05) is 35.9 Å². The van der Waals surface area contributed by atoms with Crippen molar-refractivity contribution in [3.63, 3.8) is 0 Å². The number of alkyl halides is 2.